The molecule has 0 amide bonds. The first-order valence-corrected chi connectivity index (χ1v) is 8.35. The molecule has 4 rings (SSSR count). The van der Waals surface area contributed by atoms with Crippen molar-refractivity contribution < 1.29 is 14.0 Å². The number of aromatic nitrogens is 3. The van der Waals surface area contributed by atoms with E-state index in [1.165, 1.54) is 0 Å². The SMILES string of the molecule is Cc1ccnc(O[C@@H]2CCOC3(C2)CN(Cc2cc(C)on2)C3)n1. The molecule has 1 atom stereocenters. The summed E-state index contributed by atoms with van der Waals surface area (Å²) in [5, 5.41) is 4.05. The molecule has 7 heteroatoms. The summed E-state index contributed by atoms with van der Waals surface area (Å²) < 4.78 is 17.2. The first kappa shape index (κ1) is 15.5. The first-order chi connectivity index (χ1) is 11.6. The summed E-state index contributed by atoms with van der Waals surface area (Å²) in [7, 11) is 0. The quantitative estimate of drug-likeness (QED) is 0.847. The fourth-order valence-corrected chi connectivity index (χ4v) is 3.54. The van der Waals surface area contributed by atoms with Gasteiger partial charge >= 0.3 is 6.01 Å². The molecule has 0 radical (unpaired) electrons. The normalized spacial score (nSPS) is 23.2. The van der Waals surface area contributed by atoms with Gasteiger partial charge in [-0.05, 0) is 19.9 Å². The molecular weight excluding hydrogens is 308 g/mol. The molecule has 128 valence electrons. The minimum Gasteiger partial charge on any atom is -0.460 e. The zero-order valence-electron chi connectivity index (χ0n) is 14.1. The van der Waals surface area contributed by atoms with Crippen molar-refractivity contribution >= 4 is 0 Å². The van der Waals surface area contributed by atoms with E-state index in [4.69, 9.17) is 14.0 Å². The molecule has 4 heterocycles. The highest BCUT2D eigenvalue weighted by molar-refractivity contribution is 5.09. The molecule has 2 aliphatic heterocycles. The first-order valence-electron chi connectivity index (χ1n) is 8.35. The van der Waals surface area contributed by atoms with Gasteiger partial charge in [0, 0.05) is 50.4 Å². The highest BCUT2D eigenvalue weighted by atomic mass is 16.5. The van der Waals surface area contributed by atoms with Crippen LogP contribution in [0.2, 0.25) is 0 Å². The third-order valence-corrected chi connectivity index (χ3v) is 4.58. The van der Waals surface area contributed by atoms with Crippen LogP contribution in [0, 0.1) is 13.8 Å². The summed E-state index contributed by atoms with van der Waals surface area (Å²) >= 11 is 0. The lowest BCUT2D eigenvalue weighted by Crippen LogP contribution is -2.65. The van der Waals surface area contributed by atoms with Gasteiger partial charge in [0.15, 0.2) is 0 Å². The summed E-state index contributed by atoms with van der Waals surface area (Å²) in [5.74, 6) is 0.848. The summed E-state index contributed by atoms with van der Waals surface area (Å²) in [6, 6.07) is 4.31. The Morgan fingerprint density at radius 1 is 1.38 bits per heavy atom. The Morgan fingerprint density at radius 3 is 3.00 bits per heavy atom. The van der Waals surface area contributed by atoms with E-state index >= 15 is 0 Å². The molecule has 0 aliphatic carbocycles. The summed E-state index contributed by atoms with van der Waals surface area (Å²) in [6.45, 7) is 7.16. The van der Waals surface area contributed by atoms with Crippen LogP contribution in [0.4, 0.5) is 0 Å². The number of ether oxygens (including phenoxy) is 2. The molecule has 0 saturated carbocycles. The van der Waals surface area contributed by atoms with Gasteiger partial charge in [0.1, 0.15) is 11.9 Å². The van der Waals surface area contributed by atoms with Crippen molar-refractivity contribution in [2.45, 2.75) is 44.9 Å². The maximum absolute atomic E-state index is 6.06. The van der Waals surface area contributed by atoms with Crippen LogP contribution in [0.1, 0.15) is 30.0 Å². The van der Waals surface area contributed by atoms with E-state index in [-0.39, 0.29) is 11.7 Å². The van der Waals surface area contributed by atoms with E-state index < -0.39 is 0 Å². The lowest BCUT2D eigenvalue weighted by molar-refractivity contribution is -0.188. The predicted octanol–water partition coefficient (Wildman–Crippen LogP) is 1.89. The van der Waals surface area contributed by atoms with E-state index in [1.807, 2.05) is 26.0 Å². The third-order valence-electron chi connectivity index (χ3n) is 4.58. The molecule has 24 heavy (non-hydrogen) atoms. The van der Waals surface area contributed by atoms with Crippen LogP contribution in [0.3, 0.4) is 0 Å². The average Bonchev–Trinajstić information content (AvgIpc) is 2.91. The molecule has 2 aromatic rings. The molecule has 2 saturated heterocycles. The molecule has 1 spiro atoms. The average molecular weight is 330 g/mol. The van der Waals surface area contributed by atoms with Crippen molar-refractivity contribution in [1.82, 2.24) is 20.0 Å². The minimum atomic E-state index is -0.106. The monoisotopic (exact) mass is 330 g/mol. The van der Waals surface area contributed by atoms with E-state index in [0.717, 1.165) is 49.6 Å². The van der Waals surface area contributed by atoms with Gasteiger partial charge in [0.25, 0.3) is 0 Å². The van der Waals surface area contributed by atoms with E-state index in [0.29, 0.717) is 12.6 Å². The number of likely N-dealkylation sites (tertiary alicyclic amines) is 1. The Labute approximate surface area is 141 Å². The highest BCUT2D eigenvalue weighted by Gasteiger charge is 2.48. The van der Waals surface area contributed by atoms with Gasteiger partial charge in [0.05, 0.1) is 17.9 Å². The smallest absolute Gasteiger partial charge is 0.316 e. The van der Waals surface area contributed by atoms with Crippen molar-refractivity contribution in [2.24, 2.45) is 0 Å². The lowest BCUT2D eigenvalue weighted by atomic mass is 9.84. The van der Waals surface area contributed by atoms with Gasteiger partial charge in [0.2, 0.25) is 0 Å². The molecule has 2 fully saturated rings. The maximum atomic E-state index is 6.06. The molecule has 0 unspecified atom stereocenters. The fourth-order valence-electron chi connectivity index (χ4n) is 3.54. The number of nitrogens with zero attached hydrogens (tertiary/aromatic N) is 4. The molecule has 7 nitrogen and oxygen atoms in total. The molecule has 2 aliphatic rings. The number of hydrogen-bond acceptors (Lipinski definition) is 7. The van der Waals surface area contributed by atoms with Crippen LogP contribution in [0.5, 0.6) is 6.01 Å². The maximum Gasteiger partial charge on any atom is 0.316 e. The van der Waals surface area contributed by atoms with E-state index in [9.17, 15) is 0 Å². The van der Waals surface area contributed by atoms with Gasteiger partial charge in [-0.2, -0.15) is 0 Å². The van der Waals surface area contributed by atoms with Crippen LogP contribution in [0.15, 0.2) is 22.9 Å². The second-order valence-corrected chi connectivity index (χ2v) is 6.82. The van der Waals surface area contributed by atoms with Crippen LogP contribution in [0.25, 0.3) is 0 Å². The molecule has 0 aromatic carbocycles. The van der Waals surface area contributed by atoms with Crippen molar-refractivity contribution in [3.8, 4) is 6.01 Å². The molecular formula is C17H22N4O3. The Hall–Kier alpha value is -1.99. The Balaban J connectivity index is 1.32. The Bertz CT molecular complexity index is 711. The van der Waals surface area contributed by atoms with E-state index in [2.05, 4.69) is 20.0 Å². The molecule has 0 bridgehead atoms. The molecule has 0 N–H and O–H groups in total. The lowest BCUT2D eigenvalue weighted by Gasteiger charge is -2.52. The van der Waals surface area contributed by atoms with Crippen LogP contribution < -0.4 is 4.74 Å². The zero-order valence-corrected chi connectivity index (χ0v) is 14.1. The second kappa shape index (κ2) is 6.14. The van der Waals surface area contributed by atoms with Crippen LogP contribution in [-0.4, -0.2) is 51.4 Å². The predicted molar refractivity (Wildman–Crippen MR) is 85.6 cm³/mol. The topological polar surface area (TPSA) is 73.5 Å². The van der Waals surface area contributed by atoms with Crippen molar-refractivity contribution in [2.75, 3.05) is 19.7 Å². The second-order valence-electron chi connectivity index (χ2n) is 6.82. The zero-order chi connectivity index (χ0) is 16.6. The van der Waals surface area contributed by atoms with Crippen LogP contribution in [-0.2, 0) is 11.3 Å². The van der Waals surface area contributed by atoms with Gasteiger partial charge in [-0.25, -0.2) is 9.97 Å². The summed E-state index contributed by atoms with van der Waals surface area (Å²) in [5.41, 5.74) is 1.78. The minimum absolute atomic E-state index is 0.106. The summed E-state index contributed by atoms with van der Waals surface area (Å²) in [4.78, 5) is 10.8. The standard InChI is InChI=1S/C17H22N4O3/c1-12-3-5-18-16(19-12)23-15-4-6-22-17(8-15)10-21(11-17)9-14-7-13(2)24-20-14/h3,5,7,15H,4,6,8-11H2,1-2H3/t15-/m1/s1. The van der Waals surface area contributed by atoms with Gasteiger partial charge in [-0.15, -0.1) is 0 Å². The van der Waals surface area contributed by atoms with Crippen molar-refractivity contribution in [3.63, 3.8) is 0 Å². The number of aryl methyl sites for hydroxylation is 2. The number of rotatable bonds is 4. The van der Waals surface area contributed by atoms with Gasteiger partial charge in [-0.3, -0.25) is 4.90 Å². The fraction of sp³-hybridized carbons (Fsp3) is 0.588. The summed E-state index contributed by atoms with van der Waals surface area (Å²) in [6.07, 6.45) is 3.59. The van der Waals surface area contributed by atoms with Gasteiger partial charge < -0.3 is 14.0 Å². The Morgan fingerprint density at radius 2 is 2.25 bits per heavy atom. The number of hydrogen-bond donors (Lipinski definition) is 0. The molecule has 2 aromatic heterocycles. The Kier molecular flexibility index (Phi) is 3.97. The van der Waals surface area contributed by atoms with E-state index in [1.54, 1.807) is 6.20 Å². The van der Waals surface area contributed by atoms with Crippen molar-refractivity contribution in [1.29, 1.82) is 0 Å². The largest absolute Gasteiger partial charge is 0.460 e. The van der Waals surface area contributed by atoms with Crippen molar-refractivity contribution in [3.05, 3.63) is 35.5 Å². The van der Waals surface area contributed by atoms with Crippen LogP contribution >= 0.6 is 0 Å². The van der Waals surface area contributed by atoms with Gasteiger partial charge in [-0.1, -0.05) is 5.16 Å². The highest BCUT2D eigenvalue weighted by Crippen LogP contribution is 2.36. The third kappa shape index (κ3) is 3.27.